The minimum atomic E-state index is -0.241. The molecule has 2 saturated heterocycles. The van der Waals surface area contributed by atoms with Crippen LogP contribution in [-0.4, -0.2) is 60.6 Å². The van der Waals surface area contributed by atoms with Crippen molar-refractivity contribution in [2.75, 3.05) is 36.7 Å². The van der Waals surface area contributed by atoms with Crippen molar-refractivity contribution in [3.63, 3.8) is 0 Å². The van der Waals surface area contributed by atoms with Crippen LogP contribution >= 0.6 is 33.9 Å². The lowest BCUT2D eigenvalue weighted by Crippen LogP contribution is -2.53. The first kappa shape index (κ1) is 27.9. The molecule has 206 valence electrons. The third kappa shape index (κ3) is 5.81. The van der Waals surface area contributed by atoms with Gasteiger partial charge in [-0.1, -0.05) is 28.7 Å². The fourth-order valence-electron chi connectivity index (χ4n) is 5.69. The summed E-state index contributed by atoms with van der Waals surface area (Å²) in [4.78, 5) is 31.3. The highest BCUT2D eigenvalue weighted by molar-refractivity contribution is 14.1. The Kier molecular flexibility index (Phi) is 8.49. The molecule has 3 atom stereocenters. The SMILES string of the molecule is CNC(=O)c1cc(-c2cc(OC)cc([C@@H](C)NC(=O)c3cc(N4C[C@H]5CC[C@@H](C4)N5CI)ccc3C)c2)cs1. The number of thiophene rings is 1. The second kappa shape index (κ2) is 11.9. The highest BCUT2D eigenvalue weighted by Crippen LogP contribution is 2.34. The summed E-state index contributed by atoms with van der Waals surface area (Å²) in [5.41, 5.74) is 5.61. The Bertz CT molecular complexity index is 1360. The summed E-state index contributed by atoms with van der Waals surface area (Å²) in [5.74, 6) is 0.513. The standard InChI is InChI=1S/C30H35IN4O3S/c1-18-5-6-23(34-14-24-7-8-25(15-34)35(24)17-31)13-27(18)29(36)33-19(2)20-9-21(11-26(10-20)38-4)22-12-28(39-16-22)30(37)32-3/h5-6,9-13,16,19,24-25H,7-8,14-15,17H2,1-4H3,(H,32,37)(H,33,36)/t19-,24-,25+/m1/s1. The molecule has 3 heterocycles. The first-order valence-electron chi connectivity index (χ1n) is 13.3. The number of methoxy groups -OCH3 is 1. The molecule has 1 aromatic heterocycles. The number of piperazine rings is 1. The zero-order chi connectivity index (χ0) is 27.7. The molecule has 9 heteroatoms. The quantitative estimate of drug-likeness (QED) is 0.187. The van der Waals surface area contributed by atoms with Gasteiger partial charge in [-0.25, -0.2) is 0 Å². The summed E-state index contributed by atoms with van der Waals surface area (Å²) in [5, 5.41) is 7.84. The Morgan fingerprint density at radius 2 is 1.82 bits per heavy atom. The van der Waals surface area contributed by atoms with E-state index in [4.69, 9.17) is 4.74 Å². The van der Waals surface area contributed by atoms with Crippen LogP contribution in [0.4, 0.5) is 5.69 Å². The van der Waals surface area contributed by atoms with Gasteiger partial charge in [0.05, 0.1) is 22.6 Å². The van der Waals surface area contributed by atoms with Gasteiger partial charge in [0.1, 0.15) is 5.75 Å². The van der Waals surface area contributed by atoms with Crippen LogP contribution in [0, 0.1) is 6.92 Å². The van der Waals surface area contributed by atoms with Crippen molar-refractivity contribution in [1.82, 2.24) is 15.5 Å². The molecule has 0 radical (unpaired) electrons. The summed E-state index contributed by atoms with van der Waals surface area (Å²) in [6.45, 7) is 6.00. The largest absolute Gasteiger partial charge is 0.497 e. The molecule has 7 nitrogen and oxygen atoms in total. The lowest BCUT2D eigenvalue weighted by Gasteiger charge is -2.41. The van der Waals surface area contributed by atoms with Gasteiger partial charge in [-0.3, -0.25) is 14.5 Å². The van der Waals surface area contributed by atoms with E-state index in [2.05, 4.69) is 67.3 Å². The Labute approximate surface area is 248 Å². The molecular formula is C30H35IN4O3S. The first-order chi connectivity index (χ1) is 18.8. The predicted octanol–water partition coefficient (Wildman–Crippen LogP) is 5.63. The van der Waals surface area contributed by atoms with Gasteiger partial charge in [-0.05, 0) is 90.7 Å². The van der Waals surface area contributed by atoms with Crippen LogP contribution in [-0.2, 0) is 0 Å². The van der Waals surface area contributed by atoms with Gasteiger partial charge in [0, 0.05) is 43.5 Å². The number of anilines is 1. The maximum absolute atomic E-state index is 13.5. The number of carbonyl (C=O) groups is 2. The fourth-order valence-corrected chi connectivity index (χ4v) is 7.67. The maximum atomic E-state index is 13.5. The monoisotopic (exact) mass is 658 g/mol. The van der Waals surface area contributed by atoms with E-state index in [-0.39, 0.29) is 17.9 Å². The number of alkyl halides is 1. The van der Waals surface area contributed by atoms with Gasteiger partial charge in [-0.2, -0.15) is 0 Å². The minimum Gasteiger partial charge on any atom is -0.497 e. The van der Waals surface area contributed by atoms with Gasteiger partial charge in [0.25, 0.3) is 11.8 Å². The molecule has 2 aliphatic heterocycles. The van der Waals surface area contributed by atoms with Crippen LogP contribution < -0.4 is 20.3 Å². The van der Waals surface area contributed by atoms with Crippen molar-refractivity contribution in [3.8, 4) is 16.9 Å². The van der Waals surface area contributed by atoms with Crippen LogP contribution in [0.25, 0.3) is 11.1 Å². The summed E-state index contributed by atoms with van der Waals surface area (Å²) < 4.78 is 6.65. The van der Waals surface area contributed by atoms with Gasteiger partial charge < -0.3 is 20.3 Å². The molecule has 0 saturated carbocycles. The second-order valence-corrected chi connectivity index (χ2v) is 12.0. The number of aryl methyl sites for hydroxylation is 1. The zero-order valence-electron chi connectivity index (χ0n) is 22.8. The fraction of sp³-hybridized carbons (Fsp3) is 0.400. The van der Waals surface area contributed by atoms with Crippen LogP contribution in [0.3, 0.4) is 0 Å². The number of amides is 2. The molecule has 2 N–H and O–H groups in total. The van der Waals surface area contributed by atoms with Gasteiger partial charge >= 0.3 is 0 Å². The van der Waals surface area contributed by atoms with E-state index < -0.39 is 0 Å². The molecule has 0 unspecified atom stereocenters. The number of hydrogen-bond donors (Lipinski definition) is 2. The number of nitrogens with one attached hydrogen (secondary N) is 2. The summed E-state index contributed by atoms with van der Waals surface area (Å²) in [7, 11) is 3.26. The molecule has 2 aromatic carbocycles. The molecule has 2 fully saturated rings. The van der Waals surface area contributed by atoms with Crippen LogP contribution in [0.5, 0.6) is 5.75 Å². The summed E-state index contributed by atoms with van der Waals surface area (Å²) in [6.07, 6.45) is 2.50. The number of hydrogen-bond acceptors (Lipinski definition) is 6. The summed E-state index contributed by atoms with van der Waals surface area (Å²) >= 11 is 3.88. The average Bonchev–Trinajstić information content (AvgIpc) is 3.54. The Morgan fingerprint density at radius 1 is 1.08 bits per heavy atom. The number of ether oxygens (including phenoxy) is 1. The molecule has 0 spiro atoms. The van der Waals surface area contributed by atoms with Gasteiger partial charge in [0.2, 0.25) is 0 Å². The first-order valence-corrected chi connectivity index (χ1v) is 15.7. The van der Waals surface area contributed by atoms with E-state index in [9.17, 15) is 9.59 Å². The molecule has 2 aliphatic rings. The topological polar surface area (TPSA) is 73.9 Å². The predicted molar refractivity (Wildman–Crippen MR) is 167 cm³/mol. The third-order valence-corrected chi connectivity index (χ3v) is 9.71. The molecule has 0 aliphatic carbocycles. The molecule has 3 aromatic rings. The van der Waals surface area contributed by atoms with Crippen molar-refractivity contribution >= 4 is 51.4 Å². The molecular weight excluding hydrogens is 623 g/mol. The van der Waals surface area contributed by atoms with E-state index in [1.165, 1.54) is 24.2 Å². The van der Waals surface area contributed by atoms with E-state index >= 15 is 0 Å². The normalized spacial score (nSPS) is 19.6. The van der Waals surface area contributed by atoms with Crippen molar-refractivity contribution in [3.05, 3.63) is 69.4 Å². The Hall–Kier alpha value is -2.63. The summed E-state index contributed by atoms with van der Waals surface area (Å²) in [6, 6.07) is 15.0. The number of rotatable bonds is 8. The lowest BCUT2D eigenvalue weighted by atomic mass is 10.00. The Balaban J connectivity index is 1.34. The number of carbonyl (C=O) groups excluding carboxylic acids is 2. The van der Waals surface area contributed by atoms with E-state index in [0.29, 0.717) is 28.3 Å². The van der Waals surface area contributed by atoms with Crippen molar-refractivity contribution in [2.24, 2.45) is 0 Å². The van der Waals surface area contributed by atoms with Crippen LogP contribution in [0.1, 0.15) is 57.0 Å². The number of halogens is 1. The number of benzene rings is 2. The smallest absolute Gasteiger partial charge is 0.261 e. The van der Waals surface area contributed by atoms with Crippen LogP contribution in [0.2, 0.25) is 0 Å². The van der Waals surface area contributed by atoms with Crippen molar-refractivity contribution in [2.45, 2.75) is 44.8 Å². The third-order valence-electron chi connectivity index (χ3n) is 8.00. The van der Waals surface area contributed by atoms with E-state index in [1.54, 1.807) is 14.2 Å². The highest BCUT2D eigenvalue weighted by atomic mass is 127. The zero-order valence-corrected chi connectivity index (χ0v) is 25.8. The molecule has 2 amide bonds. The highest BCUT2D eigenvalue weighted by Gasteiger charge is 2.39. The van der Waals surface area contributed by atoms with Crippen molar-refractivity contribution < 1.29 is 14.3 Å². The average molecular weight is 659 g/mol. The maximum Gasteiger partial charge on any atom is 0.261 e. The van der Waals surface area contributed by atoms with Crippen LogP contribution in [0.15, 0.2) is 47.8 Å². The molecule has 5 rings (SSSR count). The Morgan fingerprint density at radius 3 is 2.49 bits per heavy atom. The second-order valence-electron chi connectivity index (χ2n) is 10.4. The molecule has 2 bridgehead atoms. The van der Waals surface area contributed by atoms with E-state index in [0.717, 1.165) is 45.6 Å². The van der Waals surface area contributed by atoms with Gasteiger partial charge in [0.15, 0.2) is 0 Å². The molecule has 39 heavy (non-hydrogen) atoms. The number of nitrogens with zero attached hydrogens (tertiary/aromatic N) is 2. The minimum absolute atomic E-state index is 0.0856. The van der Waals surface area contributed by atoms with Crippen molar-refractivity contribution in [1.29, 1.82) is 0 Å². The van der Waals surface area contributed by atoms with Gasteiger partial charge in [-0.15, -0.1) is 11.3 Å². The lowest BCUT2D eigenvalue weighted by molar-refractivity contribution is 0.0937. The number of fused-ring (bicyclic) bond motifs is 2. The van der Waals surface area contributed by atoms with E-state index in [1.807, 2.05) is 37.4 Å².